The van der Waals surface area contributed by atoms with E-state index in [1.54, 1.807) is 37.0 Å². The first-order chi connectivity index (χ1) is 16.4. The largest absolute Gasteiger partial charge is 0.497 e. The third-order valence-electron chi connectivity index (χ3n) is 6.65. The second-order valence-electron chi connectivity index (χ2n) is 8.66. The number of aromatic nitrogens is 2. The van der Waals surface area contributed by atoms with Gasteiger partial charge in [-0.25, -0.2) is 4.98 Å². The summed E-state index contributed by atoms with van der Waals surface area (Å²) in [6.45, 7) is 8.60. The second-order valence-corrected chi connectivity index (χ2v) is 8.66. The van der Waals surface area contributed by atoms with Crippen LogP contribution in [0, 0.1) is 0 Å². The molecule has 4 rings (SSSR count). The highest BCUT2D eigenvalue weighted by atomic mass is 16.5. The van der Waals surface area contributed by atoms with E-state index < -0.39 is 0 Å². The molecular formula is C26H32N4O4. The molecule has 0 saturated carbocycles. The Hall–Kier alpha value is -3.39. The summed E-state index contributed by atoms with van der Waals surface area (Å²) < 4.78 is 12.4. The van der Waals surface area contributed by atoms with Crippen LogP contribution >= 0.6 is 0 Å². The quantitative estimate of drug-likeness (QED) is 0.557. The van der Waals surface area contributed by atoms with Gasteiger partial charge < -0.3 is 14.4 Å². The number of piperazine rings is 1. The molecule has 2 aromatic carbocycles. The van der Waals surface area contributed by atoms with Crippen molar-refractivity contribution in [3.63, 3.8) is 0 Å². The van der Waals surface area contributed by atoms with Gasteiger partial charge >= 0.3 is 0 Å². The Morgan fingerprint density at radius 1 is 1.12 bits per heavy atom. The minimum Gasteiger partial charge on any atom is -0.497 e. The Balaban J connectivity index is 1.56. The molecule has 0 spiro atoms. The lowest BCUT2D eigenvalue weighted by Gasteiger charge is -2.42. The third kappa shape index (κ3) is 4.37. The van der Waals surface area contributed by atoms with Gasteiger partial charge in [0.2, 0.25) is 0 Å². The summed E-state index contributed by atoms with van der Waals surface area (Å²) in [4.78, 5) is 35.4. The van der Waals surface area contributed by atoms with E-state index in [9.17, 15) is 9.59 Å². The summed E-state index contributed by atoms with van der Waals surface area (Å²) >= 11 is 0. The number of carbonyl (C=O) groups excluding carboxylic acids is 1. The van der Waals surface area contributed by atoms with E-state index in [1.165, 1.54) is 0 Å². The highest BCUT2D eigenvalue weighted by molar-refractivity contribution is 5.95. The van der Waals surface area contributed by atoms with Gasteiger partial charge in [0.1, 0.15) is 17.3 Å². The van der Waals surface area contributed by atoms with E-state index in [-0.39, 0.29) is 23.6 Å². The van der Waals surface area contributed by atoms with Gasteiger partial charge in [0.25, 0.3) is 11.5 Å². The van der Waals surface area contributed by atoms with Gasteiger partial charge in [0, 0.05) is 43.9 Å². The second kappa shape index (κ2) is 9.85. The fraction of sp³-hybridized carbons (Fsp3) is 0.423. The lowest BCUT2D eigenvalue weighted by Crippen LogP contribution is -2.54. The molecule has 34 heavy (non-hydrogen) atoms. The molecule has 1 aromatic heterocycles. The van der Waals surface area contributed by atoms with E-state index in [0.717, 1.165) is 5.82 Å². The number of fused-ring (bicyclic) bond motifs is 1. The Morgan fingerprint density at radius 3 is 2.41 bits per heavy atom. The summed E-state index contributed by atoms with van der Waals surface area (Å²) in [6.07, 6.45) is 0. The van der Waals surface area contributed by atoms with Crippen molar-refractivity contribution in [3.8, 4) is 11.5 Å². The monoisotopic (exact) mass is 464 g/mol. The number of amides is 1. The first kappa shape index (κ1) is 23.8. The summed E-state index contributed by atoms with van der Waals surface area (Å²) in [5, 5.41) is 0.637. The summed E-state index contributed by atoms with van der Waals surface area (Å²) in [5.74, 6) is 1.88. The molecule has 1 fully saturated rings. The van der Waals surface area contributed by atoms with E-state index in [0.29, 0.717) is 54.1 Å². The van der Waals surface area contributed by atoms with E-state index in [1.807, 2.05) is 36.1 Å². The molecule has 8 heteroatoms. The number of para-hydroxylation sites is 1. The molecule has 2 heterocycles. The Morgan fingerprint density at radius 2 is 1.79 bits per heavy atom. The number of hydrogen-bond donors (Lipinski definition) is 0. The fourth-order valence-electron chi connectivity index (χ4n) is 4.71. The Bertz CT molecular complexity index is 1230. The number of benzene rings is 2. The van der Waals surface area contributed by atoms with Crippen molar-refractivity contribution >= 4 is 16.8 Å². The molecule has 1 amide bonds. The summed E-state index contributed by atoms with van der Waals surface area (Å²) in [6, 6.07) is 12.6. The van der Waals surface area contributed by atoms with Crippen molar-refractivity contribution in [3.05, 3.63) is 64.2 Å². The van der Waals surface area contributed by atoms with Crippen molar-refractivity contribution in [2.45, 2.75) is 39.4 Å². The number of nitrogens with zero attached hydrogens (tertiary/aromatic N) is 4. The van der Waals surface area contributed by atoms with Crippen LogP contribution in [0.2, 0.25) is 0 Å². The average molecular weight is 465 g/mol. The topological polar surface area (TPSA) is 76.9 Å². The Labute approximate surface area is 199 Å². The molecule has 8 nitrogen and oxygen atoms in total. The molecule has 1 aliphatic rings. The van der Waals surface area contributed by atoms with Gasteiger partial charge in [0.15, 0.2) is 0 Å². The van der Waals surface area contributed by atoms with E-state index in [4.69, 9.17) is 14.5 Å². The molecule has 1 aliphatic heterocycles. The predicted octanol–water partition coefficient (Wildman–Crippen LogP) is 3.34. The maximum absolute atomic E-state index is 13.3. The van der Waals surface area contributed by atoms with Crippen molar-refractivity contribution in [2.24, 2.45) is 0 Å². The molecule has 2 atom stereocenters. The Kier molecular flexibility index (Phi) is 6.88. The van der Waals surface area contributed by atoms with Gasteiger partial charge in [0.05, 0.1) is 31.2 Å². The smallest absolute Gasteiger partial charge is 0.261 e. The highest BCUT2D eigenvalue weighted by Gasteiger charge is 2.32. The van der Waals surface area contributed by atoms with Crippen molar-refractivity contribution in [2.75, 3.05) is 33.9 Å². The molecule has 0 N–H and O–H groups in total. The third-order valence-corrected chi connectivity index (χ3v) is 6.65. The van der Waals surface area contributed by atoms with Crippen molar-refractivity contribution < 1.29 is 14.3 Å². The molecule has 2 unspecified atom stereocenters. The molecule has 1 saturated heterocycles. The number of methoxy groups -OCH3 is 2. The number of ether oxygens (including phenoxy) is 2. The van der Waals surface area contributed by atoms with Crippen LogP contribution in [0.1, 0.15) is 43.0 Å². The summed E-state index contributed by atoms with van der Waals surface area (Å²) in [7, 11) is 3.14. The predicted molar refractivity (Wildman–Crippen MR) is 132 cm³/mol. The molecule has 180 valence electrons. The van der Waals surface area contributed by atoms with Crippen LogP contribution in [0.25, 0.3) is 10.9 Å². The minimum atomic E-state index is -0.0612. The molecular weight excluding hydrogens is 432 g/mol. The van der Waals surface area contributed by atoms with E-state index in [2.05, 4.69) is 18.7 Å². The maximum atomic E-state index is 13.3. The molecule has 0 radical (unpaired) electrons. The van der Waals surface area contributed by atoms with Crippen molar-refractivity contribution in [1.82, 2.24) is 19.4 Å². The van der Waals surface area contributed by atoms with Crippen LogP contribution in [-0.4, -0.2) is 65.2 Å². The molecule has 3 aromatic rings. The van der Waals surface area contributed by atoms with Gasteiger partial charge in [-0.3, -0.25) is 19.1 Å². The van der Waals surface area contributed by atoms with Crippen LogP contribution in [0.5, 0.6) is 11.5 Å². The zero-order valence-corrected chi connectivity index (χ0v) is 20.4. The lowest BCUT2D eigenvalue weighted by atomic mass is 10.1. The van der Waals surface area contributed by atoms with Crippen LogP contribution in [-0.2, 0) is 6.54 Å². The zero-order valence-electron chi connectivity index (χ0n) is 20.4. The van der Waals surface area contributed by atoms with Crippen LogP contribution in [0.15, 0.2) is 47.3 Å². The summed E-state index contributed by atoms with van der Waals surface area (Å²) in [5.41, 5.74) is 1.25. The first-order valence-electron chi connectivity index (χ1n) is 11.7. The molecule has 0 aliphatic carbocycles. The van der Waals surface area contributed by atoms with Gasteiger partial charge in [-0.05, 0) is 45.0 Å². The SMILES string of the molecule is CCn1c(C(C)N2CCN(C(=O)c3cc(OC)cc(OC)c3)C(C)C2)nc2ccccc2c1=O. The maximum Gasteiger partial charge on any atom is 0.261 e. The first-order valence-corrected chi connectivity index (χ1v) is 11.7. The standard InChI is InChI=1S/C26H32N4O4/c1-6-29-24(27-23-10-8-7-9-22(23)26(29)32)18(3)28-11-12-30(17(2)16-28)25(31)19-13-20(33-4)15-21(14-19)34-5/h7-10,13-15,17-18H,6,11-12,16H2,1-5H3. The van der Waals surface area contributed by atoms with Crippen LogP contribution < -0.4 is 15.0 Å². The number of rotatable bonds is 6. The van der Waals surface area contributed by atoms with Crippen LogP contribution in [0.3, 0.4) is 0 Å². The fourth-order valence-corrected chi connectivity index (χ4v) is 4.71. The minimum absolute atomic E-state index is 0.0104. The van der Waals surface area contributed by atoms with E-state index >= 15 is 0 Å². The molecule has 0 bridgehead atoms. The number of carbonyl (C=O) groups is 1. The zero-order chi connectivity index (χ0) is 24.4. The van der Waals surface area contributed by atoms with Crippen molar-refractivity contribution in [1.29, 1.82) is 0 Å². The van der Waals surface area contributed by atoms with Crippen LogP contribution in [0.4, 0.5) is 0 Å². The normalized spacial score (nSPS) is 17.6. The van der Waals surface area contributed by atoms with Gasteiger partial charge in [-0.1, -0.05) is 12.1 Å². The highest BCUT2D eigenvalue weighted by Crippen LogP contribution is 2.27. The lowest BCUT2D eigenvalue weighted by molar-refractivity contribution is 0.0390. The van der Waals surface area contributed by atoms with Gasteiger partial charge in [-0.15, -0.1) is 0 Å². The van der Waals surface area contributed by atoms with Gasteiger partial charge in [-0.2, -0.15) is 0 Å². The average Bonchev–Trinajstić information content (AvgIpc) is 2.87. The number of hydrogen-bond acceptors (Lipinski definition) is 6.